The van der Waals surface area contributed by atoms with Gasteiger partial charge in [0, 0.05) is 11.4 Å². The summed E-state index contributed by atoms with van der Waals surface area (Å²) in [7, 11) is 0. The van der Waals surface area contributed by atoms with Crippen molar-refractivity contribution in [2.24, 2.45) is 0 Å². The van der Waals surface area contributed by atoms with Gasteiger partial charge in [-0.1, -0.05) is 5.92 Å². The van der Waals surface area contributed by atoms with Crippen LogP contribution in [0.2, 0.25) is 0 Å². The quantitative estimate of drug-likeness (QED) is 0.541. The summed E-state index contributed by atoms with van der Waals surface area (Å²) in [4.78, 5) is 0. The second-order valence-corrected chi connectivity index (χ2v) is 6.53. The number of hydrogen-bond acceptors (Lipinski definition) is 2. The van der Waals surface area contributed by atoms with Crippen molar-refractivity contribution in [3.63, 3.8) is 0 Å². The Morgan fingerprint density at radius 2 is 2.00 bits per heavy atom. The average molecular weight is 199 g/mol. The molecule has 1 aliphatic rings. The minimum atomic E-state index is -1.05. The van der Waals surface area contributed by atoms with E-state index in [1.54, 1.807) is 0 Å². The molecule has 74 valence electrons. The Balaban J connectivity index is 2.53. The van der Waals surface area contributed by atoms with Crippen molar-refractivity contribution in [3.05, 3.63) is 0 Å². The largest absolute Gasteiger partial charge is 0.598 e. The van der Waals surface area contributed by atoms with Gasteiger partial charge in [0.1, 0.15) is 10.3 Å². The maximum absolute atomic E-state index is 11.7. The summed E-state index contributed by atoms with van der Waals surface area (Å²) in [6.45, 7) is 5.83. The zero-order valence-corrected chi connectivity index (χ0v) is 9.33. The smallest absolute Gasteiger partial charge is 0.137 e. The molecule has 1 saturated carbocycles. The van der Waals surface area contributed by atoms with Crippen LogP contribution in [0.5, 0.6) is 0 Å². The van der Waals surface area contributed by atoms with Crippen LogP contribution in [0.3, 0.4) is 0 Å². The predicted molar refractivity (Wildman–Crippen MR) is 56.4 cm³/mol. The van der Waals surface area contributed by atoms with E-state index < -0.39 is 11.4 Å². The Labute approximate surface area is 83.8 Å². The molecule has 1 N–H and O–H groups in total. The Kier molecular flexibility index (Phi) is 2.96. The van der Waals surface area contributed by atoms with Crippen molar-refractivity contribution < 1.29 is 4.55 Å². The summed E-state index contributed by atoms with van der Waals surface area (Å²) in [6.07, 6.45) is 8.45. The Hall–Kier alpha value is -0.170. The van der Waals surface area contributed by atoms with Crippen LogP contribution in [0, 0.1) is 12.3 Å². The van der Waals surface area contributed by atoms with Gasteiger partial charge in [0.25, 0.3) is 0 Å². The van der Waals surface area contributed by atoms with Crippen molar-refractivity contribution in [3.8, 4) is 12.3 Å². The van der Waals surface area contributed by atoms with Gasteiger partial charge >= 0.3 is 0 Å². The second kappa shape index (κ2) is 3.53. The van der Waals surface area contributed by atoms with Crippen molar-refractivity contribution in [1.29, 1.82) is 0 Å². The summed E-state index contributed by atoms with van der Waals surface area (Å²) >= 11 is -1.05. The lowest BCUT2D eigenvalue weighted by molar-refractivity contribution is 0.297. The first-order chi connectivity index (χ1) is 5.90. The maximum Gasteiger partial charge on any atom is 0.137 e. The second-order valence-electron chi connectivity index (χ2n) is 4.56. The first-order valence-electron chi connectivity index (χ1n) is 4.57. The van der Waals surface area contributed by atoms with E-state index >= 15 is 0 Å². The molecule has 1 rings (SSSR count). The van der Waals surface area contributed by atoms with E-state index in [1.807, 2.05) is 20.8 Å². The van der Waals surface area contributed by atoms with Gasteiger partial charge in [0.15, 0.2) is 0 Å². The topological polar surface area (TPSA) is 35.1 Å². The summed E-state index contributed by atoms with van der Waals surface area (Å²) in [5, 5.41) is 0. The van der Waals surface area contributed by atoms with E-state index in [0.717, 1.165) is 19.3 Å². The summed E-state index contributed by atoms with van der Waals surface area (Å²) in [5.74, 6) is 2.71. The number of hydrogen-bond donors (Lipinski definition) is 1. The van der Waals surface area contributed by atoms with Crippen LogP contribution in [0.15, 0.2) is 0 Å². The van der Waals surface area contributed by atoms with Gasteiger partial charge in [-0.3, -0.25) is 0 Å². The van der Waals surface area contributed by atoms with Gasteiger partial charge in [-0.2, -0.15) is 0 Å². The van der Waals surface area contributed by atoms with Gasteiger partial charge in [-0.15, -0.1) is 11.1 Å². The average Bonchev–Trinajstić information content (AvgIpc) is 1.94. The Morgan fingerprint density at radius 3 is 2.23 bits per heavy atom. The molecule has 13 heavy (non-hydrogen) atoms. The Morgan fingerprint density at radius 1 is 1.46 bits per heavy atom. The van der Waals surface area contributed by atoms with Gasteiger partial charge in [0.2, 0.25) is 0 Å². The molecule has 1 fully saturated rings. The lowest BCUT2D eigenvalue weighted by Gasteiger charge is -2.39. The van der Waals surface area contributed by atoms with Crippen LogP contribution in [0.25, 0.3) is 0 Å². The van der Waals surface area contributed by atoms with Crippen molar-refractivity contribution in [1.82, 2.24) is 4.72 Å². The van der Waals surface area contributed by atoms with Gasteiger partial charge < -0.3 is 4.55 Å². The first-order valence-corrected chi connectivity index (χ1v) is 5.72. The molecule has 3 heteroatoms. The molecular formula is C10H17NOS. The predicted octanol–water partition coefficient (Wildman–Crippen LogP) is 1.59. The summed E-state index contributed by atoms with van der Waals surface area (Å²) in [5.41, 5.74) is -0.280. The van der Waals surface area contributed by atoms with E-state index in [2.05, 4.69) is 10.6 Å². The number of nitrogens with one attached hydrogen (secondary N) is 1. The van der Waals surface area contributed by atoms with Crippen molar-refractivity contribution in [2.75, 3.05) is 0 Å². The van der Waals surface area contributed by atoms with Crippen LogP contribution in [-0.2, 0) is 11.4 Å². The molecule has 2 nitrogen and oxygen atoms in total. The normalized spacial score (nSPS) is 23.0. The molecule has 0 aliphatic heterocycles. The molecular weight excluding hydrogens is 182 g/mol. The maximum atomic E-state index is 11.7. The molecule has 0 radical (unpaired) electrons. The third-order valence-electron chi connectivity index (χ3n) is 2.33. The molecule has 0 aromatic carbocycles. The monoisotopic (exact) mass is 199 g/mol. The molecule has 0 aromatic heterocycles. The highest BCUT2D eigenvalue weighted by molar-refractivity contribution is 7.90. The molecule has 0 bridgehead atoms. The minimum absolute atomic E-state index is 0.237. The van der Waals surface area contributed by atoms with Gasteiger partial charge in [0.05, 0.1) is 0 Å². The van der Waals surface area contributed by atoms with Crippen LogP contribution >= 0.6 is 0 Å². The van der Waals surface area contributed by atoms with Crippen molar-refractivity contribution in [2.45, 2.75) is 50.3 Å². The molecule has 0 aromatic rings. The van der Waals surface area contributed by atoms with E-state index in [9.17, 15) is 4.55 Å². The van der Waals surface area contributed by atoms with Crippen LogP contribution in [0.1, 0.15) is 40.0 Å². The van der Waals surface area contributed by atoms with Crippen LogP contribution in [-0.4, -0.2) is 14.8 Å². The van der Waals surface area contributed by atoms with E-state index in [-0.39, 0.29) is 10.3 Å². The highest BCUT2D eigenvalue weighted by Crippen LogP contribution is 2.33. The highest BCUT2D eigenvalue weighted by Gasteiger charge is 2.42. The summed E-state index contributed by atoms with van der Waals surface area (Å²) < 4.78 is 14.6. The highest BCUT2D eigenvalue weighted by atomic mass is 32.2. The minimum Gasteiger partial charge on any atom is -0.598 e. The number of rotatable bonds is 2. The molecule has 1 aliphatic carbocycles. The molecule has 0 amide bonds. The molecule has 0 heterocycles. The fraction of sp³-hybridized carbons (Fsp3) is 0.800. The van der Waals surface area contributed by atoms with Crippen molar-refractivity contribution >= 4 is 11.4 Å². The SMILES string of the molecule is C#CC1(N[S+]([O-])C(C)(C)C)CCC1. The third-order valence-corrected chi connectivity index (χ3v) is 4.02. The van der Waals surface area contributed by atoms with E-state index in [1.165, 1.54) is 0 Å². The number of terminal acetylenes is 1. The zero-order valence-electron chi connectivity index (χ0n) is 8.52. The van der Waals surface area contributed by atoms with Gasteiger partial charge in [-0.25, -0.2) is 0 Å². The standard InChI is InChI=1S/C10H17NOS/c1-5-10(7-6-8-10)11-13(12)9(2,3)4/h1,11H,6-8H2,2-4H3. The zero-order chi connectivity index (χ0) is 10.1. The van der Waals surface area contributed by atoms with Crippen LogP contribution in [0.4, 0.5) is 0 Å². The van der Waals surface area contributed by atoms with E-state index in [0.29, 0.717) is 0 Å². The van der Waals surface area contributed by atoms with Gasteiger partial charge in [-0.05, 0) is 40.0 Å². The molecule has 1 atom stereocenters. The lowest BCUT2D eigenvalue weighted by Crippen LogP contribution is -2.56. The Bertz CT molecular complexity index is 222. The fourth-order valence-corrected chi connectivity index (χ4v) is 2.06. The summed E-state index contributed by atoms with van der Waals surface area (Å²) in [6, 6.07) is 0. The fourth-order valence-electron chi connectivity index (χ4n) is 1.14. The van der Waals surface area contributed by atoms with E-state index in [4.69, 9.17) is 6.42 Å². The lowest BCUT2D eigenvalue weighted by atomic mass is 9.79. The van der Waals surface area contributed by atoms with Crippen LogP contribution < -0.4 is 4.72 Å². The molecule has 0 spiro atoms. The molecule has 0 saturated heterocycles. The first kappa shape index (κ1) is 10.9. The molecule has 1 unspecified atom stereocenters. The third kappa shape index (κ3) is 2.40.